The van der Waals surface area contributed by atoms with Crippen LogP contribution in [-0.2, 0) is 6.42 Å². The first-order valence-corrected chi connectivity index (χ1v) is 16.7. The van der Waals surface area contributed by atoms with E-state index < -0.39 is 6.36 Å². The predicted octanol–water partition coefficient (Wildman–Crippen LogP) is 8.70. The van der Waals surface area contributed by atoms with E-state index in [4.69, 9.17) is 0 Å². The zero-order valence-electron chi connectivity index (χ0n) is 26.2. The van der Waals surface area contributed by atoms with Crippen LogP contribution in [0.5, 0.6) is 5.75 Å². The Labute approximate surface area is 275 Å². The number of aliphatic imine (C=N–C) groups is 1. The van der Waals surface area contributed by atoms with Crippen LogP contribution in [0.25, 0.3) is 22.6 Å². The van der Waals surface area contributed by atoms with E-state index in [1.54, 1.807) is 11.8 Å². The molecule has 6 rings (SSSR count). The van der Waals surface area contributed by atoms with Gasteiger partial charge in [0.15, 0.2) is 11.0 Å². The van der Waals surface area contributed by atoms with Gasteiger partial charge in [-0.15, -0.1) is 18.3 Å². The van der Waals surface area contributed by atoms with E-state index >= 15 is 0 Å². The number of alkyl halides is 3. The molecule has 12 heteroatoms. The molecule has 47 heavy (non-hydrogen) atoms. The quantitative estimate of drug-likeness (QED) is 0.204. The van der Waals surface area contributed by atoms with Crippen LogP contribution < -0.4 is 15.0 Å². The number of carbonyl (C=O) groups is 1. The number of thioether (sulfide) groups is 1. The van der Waals surface area contributed by atoms with Crippen molar-refractivity contribution in [1.82, 2.24) is 20.1 Å². The molecule has 1 fully saturated rings. The monoisotopic (exact) mass is 660 g/mol. The summed E-state index contributed by atoms with van der Waals surface area (Å²) in [7, 11) is 0. The number of ether oxygens (including phenoxy) is 1. The van der Waals surface area contributed by atoms with Crippen molar-refractivity contribution in [3.8, 4) is 22.8 Å². The number of anilines is 1. The Morgan fingerprint density at radius 2 is 1.79 bits per heavy atom. The first-order chi connectivity index (χ1) is 22.7. The molecule has 0 atom stereocenters. The van der Waals surface area contributed by atoms with E-state index in [0.717, 1.165) is 84.1 Å². The average Bonchev–Trinajstić information content (AvgIpc) is 3.73. The van der Waals surface area contributed by atoms with E-state index in [0.29, 0.717) is 11.5 Å². The van der Waals surface area contributed by atoms with Gasteiger partial charge in [-0.05, 0) is 91.6 Å². The maximum atomic E-state index is 13.3. The number of benzene rings is 3. The number of nitrogens with zero attached hydrogens (tertiary/aromatic N) is 5. The maximum absolute atomic E-state index is 13.3. The van der Waals surface area contributed by atoms with Crippen LogP contribution in [0.2, 0.25) is 0 Å². The molecule has 1 saturated heterocycles. The summed E-state index contributed by atoms with van der Waals surface area (Å²) in [5.41, 5.74) is 7.91. The molecular formula is C35H35F3N6O2S. The number of hydrogen-bond donors (Lipinski definition) is 1. The number of urea groups is 1. The summed E-state index contributed by atoms with van der Waals surface area (Å²) in [5, 5.41) is 8.32. The van der Waals surface area contributed by atoms with Gasteiger partial charge in [-0.1, -0.05) is 61.5 Å². The van der Waals surface area contributed by atoms with Crippen molar-refractivity contribution in [3.05, 3.63) is 95.4 Å². The third kappa shape index (κ3) is 7.87. The lowest BCUT2D eigenvalue weighted by Gasteiger charge is -2.31. The smallest absolute Gasteiger partial charge is 0.406 e. The van der Waals surface area contributed by atoms with Crippen LogP contribution in [0.4, 0.5) is 23.7 Å². The van der Waals surface area contributed by atoms with Crippen LogP contribution >= 0.6 is 11.8 Å². The van der Waals surface area contributed by atoms with Gasteiger partial charge >= 0.3 is 12.4 Å². The van der Waals surface area contributed by atoms with Crippen molar-refractivity contribution in [1.29, 1.82) is 0 Å². The van der Waals surface area contributed by atoms with Crippen molar-refractivity contribution in [2.75, 3.05) is 17.2 Å². The standard InChI is InChI=1S/C35H35F3N6O2S/c1-3-6-25-10-9-23(2)21-31(25)43-19-5-20-47-34(43)41-33(45)40-30-8-4-7-29(30)24-11-13-26(14-12-24)32-39-22-44(42-32)27-15-17-28(18-16-27)46-35(36,37)38/h9-18,21-22H,3-8,19-20H2,1-2H3,(H,40,45). The Hall–Kier alpha value is -4.58. The van der Waals surface area contributed by atoms with Crippen LogP contribution in [0.3, 0.4) is 0 Å². The van der Waals surface area contributed by atoms with Crippen molar-refractivity contribution >= 4 is 34.2 Å². The third-order valence-electron chi connectivity index (χ3n) is 8.03. The minimum Gasteiger partial charge on any atom is -0.406 e. The molecule has 1 N–H and O–H groups in total. The maximum Gasteiger partial charge on any atom is 0.573 e. The number of aryl methyl sites for hydroxylation is 2. The highest BCUT2D eigenvalue weighted by Crippen LogP contribution is 2.34. The Morgan fingerprint density at radius 1 is 1.02 bits per heavy atom. The lowest BCUT2D eigenvalue weighted by atomic mass is 10.0. The number of allylic oxidation sites excluding steroid dienone is 2. The summed E-state index contributed by atoms with van der Waals surface area (Å²) in [6.45, 7) is 5.09. The number of rotatable bonds is 8. The Kier molecular flexibility index (Phi) is 9.67. The zero-order valence-corrected chi connectivity index (χ0v) is 27.0. The Bertz CT molecular complexity index is 1800. The molecule has 0 saturated carbocycles. The zero-order chi connectivity index (χ0) is 33.0. The average molecular weight is 661 g/mol. The van der Waals surface area contributed by atoms with Crippen molar-refractivity contribution < 1.29 is 22.7 Å². The second-order valence-corrected chi connectivity index (χ2v) is 12.6. The molecule has 4 aromatic rings. The Balaban J connectivity index is 1.16. The van der Waals surface area contributed by atoms with Crippen LogP contribution in [-0.4, -0.2) is 44.6 Å². The molecule has 0 unspecified atom stereocenters. The number of halogens is 3. The highest BCUT2D eigenvalue weighted by atomic mass is 32.2. The van der Waals surface area contributed by atoms with E-state index in [1.165, 1.54) is 46.4 Å². The fraction of sp³-hybridized carbons (Fsp3) is 0.314. The van der Waals surface area contributed by atoms with Gasteiger partial charge in [0.25, 0.3) is 0 Å². The molecule has 0 radical (unpaired) electrons. The van der Waals surface area contributed by atoms with Gasteiger partial charge in [-0.3, -0.25) is 0 Å². The summed E-state index contributed by atoms with van der Waals surface area (Å²) < 4.78 is 42.9. The van der Waals surface area contributed by atoms with Gasteiger partial charge in [-0.2, -0.15) is 4.99 Å². The van der Waals surface area contributed by atoms with Crippen molar-refractivity contribution in [3.63, 3.8) is 0 Å². The molecular weight excluding hydrogens is 625 g/mol. The van der Waals surface area contributed by atoms with Crippen molar-refractivity contribution in [2.45, 2.75) is 58.7 Å². The lowest BCUT2D eigenvalue weighted by Crippen LogP contribution is -2.36. The molecule has 244 valence electrons. The number of amides is 2. The number of nitrogens with one attached hydrogen (secondary N) is 1. The summed E-state index contributed by atoms with van der Waals surface area (Å²) >= 11 is 1.62. The topological polar surface area (TPSA) is 84.6 Å². The minimum atomic E-state index is -4.75. The van der Waals surface area contributed by atoms with Gasteiger partial charge < -0.3 is 15.0 Å². The van der Waals surface area contributed by atoms with Gasteiger partial charge in [0, 0.05) is 29.2 Å². The second kappa shape index (κ2) is 14.0. The van der Waals surface area contributed by atoms with E-state index in [-0.39, 0.29) is 11.8 Å². The molecule has 0 bridgehead atoms. The van der Waals surface area contributed by atoms with Crippen molar-refractivity contribution in [2.24, 2.45) is 4.99 Å². The molecule has 1 aliphatic carbocycles. The summed E-state index contributed by atoms with van der Waals surface area (Å²) in [6, 6.07) is 19.4. The molecule has 8 nitrogen and oxygen atoms in total. The van der Waals surface area contributed by atoms with Crippen LogP contribution in [0.15, 0.2) is 83.7 Å². The van der Waals surface area contributed by atoms with Gasteiger partial charge in [0.05, 0.1) is 5.69 Å². The van der Waals surface area contributed by atoms with E-state index in [2.05, 4.69) is 62.1 Å². The lowest BCUT2D eigenvalue weighted by molar-refractivity contribution is -0.274. The second-order valence-electron chi connectivity index (χ2n) is 11.5. The molecule has 0 spiro atoms. The number of carbonyl (C=O) groups excluding carboxylic acids is 1. The predicted molar refractivity (Wildman–Crippen MR) is 180 cm³/mol. The summed E-state index contributed by atoms with van der Waals surface area (Å²) in [4.78, 5) is 24.4. The first-order valence-electron chi connectivity index (χ1n) is 15.7. The number of amidine groups is 1. The summed E-state index contributed by atoms with van der Waals surface area (Å²) in [5.74, 6) is 1.09. The fourth-order valence-corrected chi connectivity index (χ4v) is 6.82. The highest BCUT2D eigenvalue weighted by molar-refractivity contribution is 8.14. The molecule has 2 heterocycles. The number of aromatic nitrogens is 3. The van der Waals surface area contributed by atoms with E-state index in [1.807, 2.05) is 24.3 Å². The van der Waals surface area contributed by atoms with E-state index in [9.17, 15) is 18.0 Å². The molecule has 1 aromatic heterocycles. The SMILES string of the molecule is CCCc1ccc(C)cc1N1CCCSC1=NC(=O)NC1=C(c2ccc(-c3ncn(-c4ccc(OC(F)(F)F)cc4)n3)cc2)CCC1. The summed E-state index contributed by atoms with van der Waals surface area (Å²) in [6.07, 6.45) is 2.35. The van der Waals surface area contributed by atoms with Gasteiger partial charge in [0.1, 0.15) is 12.1 Å². The van der Waals surface area contributed by atoms with Crippen LogP contribution in [0.1, 0.15) is 55.7 Å². The largest absolute Gasteiger partial charge is 0.573 e. The molecule has 3 aromatic carbocycles. The fourth-order valence-electron chi connectivity index (χ4n) is 5.87. The minimum absolute atomic E-state index is 0.306. The van der Waals surface area contributed by atoms with Crippen LogP contribution in [0, 0.1) is 6.92 Å². The normalized spacial score (nSPS) is 16.2. The van der Waals surface area contributed by atoms with Gasteiger partial charge in [0.2, 0.25) is 0 Å². The first kappa shape index (κ1) is 32.4. The molecule has 2 aliphatic rings. The third-order valence-corrected chi connectivity index (χ3v) is 9.09. The Morgan fingerprint density at radius 3 is 2.53 bits per heavy atom. The molecule has 1 aliphatic heterocycles. The molecule has 2 amide bonds. The number of hydrogen-bond acceptors (Lipinski definition) is 5. The van der Waals surface area contributed by atoms with Gasteiger partial charge in [-0.25, -0.2) is 14.5 Å². The highest BCUT2D eigenvalue weighted by Gasteiger charge is 2.31.